The zero-order valence-corrected chi connectivity index (χ0v) is 20.8. The molecule has 0 aliphatic carbocycles. The second-order valence-corrected chi connectivity index (χ2v) is 10.2. The Kier molecular flexibility index (Phi) is 6.43. The lowest BCUT2D eigenvalue weighted by molar-refractivity contribution is -0.121. The Labute approximate surface area is 206 Å². The Bertz CT molecular complexity index is 1070. The van der Waals surface area contributed by atoms with Crippen LogP contribution in [0.1, 0.15) is 37.8 Å². The Morgan fingerprint density at radius 2 is 1.80 bits per heavy atom. The van der Waals surface area contributed by atoms with E-state index in [1.807, 2.05) is 0 Å². The highest BCUT2D eigenvalue weighted by atomic mass is 19.1. The van der Waals surface area contributed by atoms with E-state index in [9.17, 15) is 9.18 Å². The third-order valence-electron chi connectivity index (χ3n) is 8.07. The molecular formula is C26H35FN6O2. The molecule has 1 amide bonds. The van der Waals surface area contributed by atoms with Crippen LogP contribution in [0, 0.1) is 5.82 Å². The fourth-order valence-electron chi connectivity index (χ4n) is 5.40. The summed E-state index contributed by atoms with van der Waals surface area (Å²) in [5.41, 5.74) is 12.6. The van der Waals surface area contributed by atoms with Crippen LogP contribution in [0.5, 0.6) is 5.75 Å². The molecule has 35 heavy (non-hydrogen) atoms. The van der Waals surface area contributed by atoms with E-state index in [0.29, 0.717) is 5.75 Å². The molecule has 3 saturated heterocycles. The number of piperidine rings is 1. The zero-order valence-electron chi connectivity index (χ0n) is 20.8. The summed E-state index contributed by atoms with van der Waals surface area (Å²) in [4.78, 5) is 17.7. The first kappa shape index (κ1) is 24.0. The van der Waals surface area contributed by atoms with Crippen LogP contribution in [0.4, 0.5) is 15.8 Å². The van der Waals surface area contributed by atoms with Gasteiger partial charge in [-0.05, 0) is 63.7 Å². The van der Waals surface area contributed by atoms with Crippen molar-refractivity contribution in [3.8, 4) is 5.75 Å². The standard InChI is InChI=1S/C26H35FN6O2/c1-26(31(2)3)12-14-32(15-13-26)18-10-8-17(9-11-18)23-24-20(28-29-23)16-22(34)33(30-24)25-19(27)6-5-7-21(25)35-4/h5-11,20,23-24,28-30H,12-16H2,1-4H3. The second-order valence-electron chi connectivity index (χ2n) is 10.2. The number of hydrogen-bond donors (Lipinski definition) is 3. The van der Waals surface area contributed by atoms with E-state index in [1.165, 1.54) is 23.9 Å². The lowest BCUT2D eigenvalue weighted by atomic mass is 9.88. The molecule has 3 aliphatic rings. The molecule has 9 heteroatoms. The Hall–Kier alpha value is -2.72. The van der Waals surface area contributed by atoms with Gasteiger partial charge in [0, 0.05) is 36.8 Å². The zero-order chi connectivity index (χ0) is 24.7. The van der Waals surface area contributed by atoms with Crippen molar-refractivity contribution in [2.75, 3.05) is 44.2 Å². The first-order valence-corrected chi connectivity index (χ1v) is 12.3. The van der Waals surface area contributed by atoms with E-state index < -0.39 is 5.82 Å². The number of para-hydroxylation sites is 1. The maximum Gasteiger partial charge on any atom is 0.243 e. The number of ether oxygens (including phenoxy) is 1. The van der Waals surface area contributed by atoms with Crippen LogP contribution in [0.15, 0.2) is 42.5 Å². The average Bonchev–Trinajstić information content (AvgIpc) is 3.26. The highest BCUT2D eigenvalue weighted by Gasteiger charge is 2.45. The van der Waals surface area contributed by atoms with Gasteiger partial charge >= 0.3 is 0 Å². The van der Waals surface area contributed by atoms with Gasteiger partial charge in [0.1, 0.15) is 11.4 Å². The summed E-state index contributed by atoms with van der Waals surface area (Å²) in [6, 6.07) is 12.9. The molecule has 0 saturated carbocycles. The van der Waals surface area contributed by atoms with Crippen LogP contribution in [0.25, 0.3) is 0 Å². The summed E-state index contributed by atoms with van der Waals surface area (Å²) >= 11 is 0. The van der Waals surface area contributed by atoms with Gasteiger partial charge in [0.05, 0.1) is 19.2 Å². The molecule has 0 spiro atoms. The minimum atomic E-state index is -0.504. The number of nitrogens with zero attached hydrogens (tertiary/aromatic N) is 3. The first-order chi connectivity index (χ1) is 16.8. The fraction of sp³-hybridized carbons (Fsp3) is 0.500. The number of halogens is 1. The van der Waals surface area contributed by atoms with Crippen molar-refractivity contribution >= 4 is 17.3 Å². The average molecular weight is 483 g/mol. The summed E-state index contributed by atoms with van der Waals surface area (Å²) in [6.07, 6.45) is 2.51. The monoisotopic (exact) mass is 482 g/mol. The molecule has 3 unspecified atom stereocenters. The number of carbonyl (C=O) groups is 1. The number of fused-ring (bicyclic) bond motifs is 1. The topological polar surface area (TPSA) is 72.1 Å². The van der Waals surface area contributed by atoms with Crippen molar-refractivity contribution in [1.29, 1.82) is 0 Å². The first-order valence-electron chi connectivity index (χ1n) is 12.3. The molecule has 3 fully saturated rings. The number of hydrazine groups is 2. The number of benzene rings is 2. The number of rotatable bonds is 5. The highest BCUT2D eigenvalue weighted by molar-refractivity contribution is 5.95. The van der Waals surface area contributed by atoms with Gasteiger partial charge in [-0.3, -0.25) is 10.2 Å². The SMILES string of the molecule is COc1cccc(F)c1N1NC2C(CC1=O)NNC2c1ccc(N2CCC(C)(N(C)C)CC2)cc1. The van der Waals surface area contributed by atoms with Gasteiger partial charge in [-0.25, -0.2) is 20.3 Å². The van der Waals surface area contributed by atoms with Crippen LogP contribution in [0.3, 0.4) is 0 Å². The molecule has 5 rings (SSSR count). The van der Waals surface area contributed by atoms with Crippen molar-refractivity contribution in [2.24, 2.45) is 0 Å². The van der Waals surface area contributed by atoms with Crippen molar-refractivity contribution in [3.05, 3.63) is 53.8 Å². The molecule has 188 valence electrons. The van der Waals surface area contributed by atoms with Crippen LogP contribution in [-0.4, -0.2) is 62.7 Å². The molecule has 0 bridgehead atoms. The Morgan fingerprint density at radius 3 is 2.46 bits per heavy atom. The van der Waals surface area contributed by atoms with Gasteiger partial charge in [-0.2, -0.15) is 0 Å². The largest absolute Gasteiger partial charge is 0.494 e. The normalized spacial score (nSPS) is 26.2. The minimum absolute atomic E-state index is 0.0826. The van der Waals surface area contributed by atoms with Crippen molar-refractivity contribution in [2.45, 2.75) is 49.9 Å². The van der Waals surface area contributed by atoms with E-state index in [4.69, 9.17) is 4.74 Å². The molecule has 3 atom stereocenters. The van der Waals surface area contributed by atoms with Gasteiger partial charge < -0.3 is 14.5 Å². The predicted molar refractivity (Wildman–Crippen MR) is 135 cm³/mol. The molecule has 0 radical (unpaired) electrons. The lowest BCUT2D eigenvalue weighted by Crippen LogP contribution is -2.60. The van der Waals surface area contributed by atoms with Crippen molar-refractivity contribution in [3.63, 3.8) is 0 Å². The van der Waals surface area contributed by atoms with Crippen LogP contribution in [-0.2, 0) is 4.79 Å². The fourth-order valence-corrected chi connectivity index (χ4v) is 5.40. The molecule has 0 aromatic heterocycles. The summed E-state index contributed by atoms with van der Waals surface area (Å²) in [7, 11) is 5.80. The number of amides is 1. The van der Waals surface area contributed by atoms with Crippen LogP contribution >= 0.6 is 0 Å². The van der Waals surface area contributed by atoms with E-state index in [1.54, 1.807) is 12.1 Å². The molecule has 3 heterocycles. The van der Waals surface area contributed by atoms with Crippen molar-refractivity contribution < 1.29 is 13.9 Å². The molecule has 2 aromatic carbocycles. The maximum absolute atomic E-state index is 14.7. The maximum atomic E-state index is 14.7. The van der Waals surface area contributed by atoms with Gasteiger partial charge in [-0.15, -0.1) is 0 Å². The van der Waals surface area contributed by atoms with Crippen LogP contribution < -0.4 is 30.9 Å². The quantitative estimate of drug-likeness (QED) is 0.605. The third kappa shape index (κ3) is 4.38. The Morgan fingerprint density at radius 1 is 1.09 bits per heavy atom. The second kappa shape index (κ2) is 9.39. The summed E-state index contributed by atoms with van der Waals surface area (Å²) in [5, 5.41) is 1.31. The van der Waals surface area contributed by atoms with E-state index in [0.717, 1.165) is 31.5 Å². The summed E-state index contributed by atoms with van der Waals surface area (Å²) < 4.78 is 20.1. The predicted octanol–water partition coefficient (Wildman–Crippen LogP) is 2.58. The number of nitrogens with one attached hydrogen (secondary N) is 3. The Balaban J connectivity index is 1.32. The van der Waals surface area contributed by atoms with Gasteiger partial charge in [-0.1, -0.05) is 18.2 Å². The molecular weight excluding hydrogens is 447 g/mol. The number of carbonyl (C=O) groups excluding carboxylic acids is 1. The van der Waals surface area contributed by atoms with Gasteiger partial charge in [0.2, 0.25) is 5.91 Å². The van der Waals surface area contributed by atoms with Crippen molar-refractivity contribution in [1.82, 2.24) is 21.2 Å². The smallest absolute Gasteiger partial charge is 0.243 e. The number of hydrogen-bond acceptors (Lipinski definition) is 7. The molecule has 3 N–H and O–H groups in total. The van der Waals surface area contributed by atoms with Crippen LogP contribution in [0.2, 0.25) is 0 Å². The summed E-state index contributed by atoms with van der Waals surface area (Å²) in [6.45, 7) is 4.40. The van der Waals surface area contributed by atoms with Gasteiger partial charge in [0.25, 0.3) is 0 Å². The third-order valence-corrected chi connectivity index (χ3v) is 8.07. The number of methoxy groups -OCH3 is 1. The van der Waals surface area contributed by atoms with E-state index >= 15 is 0 Å². The molecule has 3 aliphatic heterocycles. The molecule has 2 aromatic rings. The minimum Gasteiger partial charge on any atom is -0.494 e. The lowest BCUT2D eigenvalue weighted by Gasteiger charge is -2.44. The highest BCUT2D eigenvalue weighted by Crippen LogP contribution is 2.36. The summed E-state index contributed by atoms with van der Waals surface area (Å²) in [5.74, 6) is -0.402. The van der Waals surface area contributed by atoms with E-state index in [2.05, 4.69) is 71.4 Å². The number of anilines is 2. The molecule has 8 nitrogen and oxygen atoms in total. The van der Waals surface area contributed by atoms with E-state index in [-0.39, 0.29) is 41.7 Å². The van der Waals surface area contributed by atoms with Gasteiger partial charge in [0.15, 0.2) is 5.82 Å².